The van der Waals surface area contributed by atoms with E-state index in [1.807, 2.05) is 18.4 Å². The van der Waals surface area contributed by atoms with Gasteiger partial charge in [-0.05, 0) is 24.9 Å². The van der Waals surface area contributed by atoms with E-state index in [2.05, 4.69) is 24.0 Å². The first kappa shape index (κ1) is 14.4. The van der Waals surface area contributed by atoms with Crippen LogP contribution in [0.5, 0.6) is 0 Å². The van der Waals surface area contributed by atoms with E-state index in [4.69, 9.17) is 10.2 Å². The molecule has 19 heavy (non-hydrogen) atoms. The second-order valence-corrected chi connectivity index (χ2v) is 5.42. The van der Waals surface area contributed by atoms with Crippen molar-refractivity contribution in [1.82, 2.24) is 4.90 Å². The van der Waals surface area contributed by atoms with Crippen molar-refractivity contribution in [3.8, 4) is 0 Å². The molecule has 0 radical (unpaired) electrons. The summed E-state index contributed by atoms with van der Waals surface area (Å²) in [5.41, 5.74) is 8.33. The molecule has 2 aromatic rings. The first-order valence-electron chi connectivity index (χ1n) is 6.67. The zero-order chi connectivity index (χ0) is 12.5. The fourth-order valence-corrected chi connectivity index (χ4v) is 2.79. The highest BCUT2D eigenvalue weighted by molar-refractivity contribution is 5.85. The number of nitrogens with zero attached hydrogens (tertiary/aromatic N) is 1. The minimum Gasteiger partial charge on any atom is -0.464 e. The van der Waals surface area contributed by atoms with Gasteiger partial charge in [0.2, 0.25) is 0 Å². The van der Waals surface area contributed by atoms with E-state index >= 15 is 0 Å². The number of likely N-dealkylation sites (tertiary alicyclic amines) is 1. The van der Waals surface area contributed by atoms with Gasteiger partial charge in [-0.15, -0.1) is 12.4 Å². The van der Waals surface area contributed by atoms with Crippen LogP contribution < -0.4 is 5.73 Å². The topological polar surface area (TPSA) is 42.4 Å². The predicted molar refractivity (Wildman–Crippen MR) is 80.5 cm³/mol. The third-order valence-corrected chi connectivity index (χ3v) is 4.01. The molecule has 0 spiro atoms. The molecule has 1 saturated heterocycles. The zero-order valence-electron chi connectivity index (χ0n) is 11.2. The van der Waals surface area contributed by atoms with Crippen molar-refractivity contribution in [2.75, 3.05) is 13.1 Å². The van der Waals surface area contributed by atoms with Crippen LogP contribution in [0.15, 0.2) is 34.9 Å². The van der Waals surface area contributed by atoms with Crippen LogP contribution in [0, 0.1) is 5.92 Å². The van der Waals surface area contributed by atoms with E-state index in [0.29, 0.717) is 12.0 Å². The van der Waals surface area contributed by atoms with E-state index in [-0.39, 0.29) is 12.4 Å². The fourth-order valence-electron chi connectivity index (χ4n) is 2.79. The monoisotopic (exact) mass is 280 g/mol. The van der Waals surface area contributed by atoms with Crippen molar-refractivity contribution in [3.63, 3.8) is 0 Å². The Labute approximate surface area is 120 Å². The van der Waals surface area contributed by atoms with Gasteiger partial charge in [0.25, 0.3) is 0 Å². The molecule has 0 bridgehead atoms. The molecule has 3 nitrogen and oxygen atoms in total. The number of para-hydroxylation sites is 1. The summed E-state index contributed by atoms with van der Waals surface area (Å²) in [6, 6.07) is 8.59. The van der Waals surface area contributed by atoms with Crippen LogP contribution in [0.1, 0.15) is 18.9 Å². The van der Waals surface area contributed by atoms with Crippen LogP contribution in [0.2, 0.25) is 0 Å². The molecule has 104 valence electrons. The Bertz CT molecular complexity index is 540. The standard InChI is InChI=1S/C15H20N2O.ClH/c1-11-8-17(7-6-14(11)16)9-12-10-18-15-5-3-2-4-13(12)15;/h2-5,10-11,14H,6-9,16H2,1H3;1H. The minimum absolute atomic E-state index is 0. The van der Waals surface area contributed by atoms with E-state index < -0.39 is 0 Å². The second kappa shape index (κ2) is 5.95. The molecular formula is C15H21ClN2O. The Kier molecular flexibility index (Phi) is 4.50. The van der Waals surface area contributed by atoms with E-state index in [9.17, 15) is 0 Å². The van der Waals surface area contributed by atoms with Gasteiger partial charge in [0.15, 0.2) is 0 Å². The number of furan rings is 1. The summed E-state index contributed by atoms with van der Waals surface area (Å²) in [7, 11) is 0. The van der Waals surface area contributed by atoms with Crippen LogP contribution in [0.3, 0.4) is 0 Å². The molecule has 1 aliphatic rings. The smallest absolute Gasteiger partial charge is 0.134 e. The molecule has 0 saturated carbocycles. The van der Waals surface area contributed by atoms with Crippen molar-refractivity contribution < 1.29 is 4.42 Å². The summed E-state index contributed by atoms with van der Waals surface area (Å²) in [5.74, 6) is 0.580. The van der Waals surface area contributed by atoms with E-state index in [1.165, 1.54) is 10.9 Å². The zero-order valence-corrected chi connectivity index (χ0v) is 12.0. The Morgan fingerprint density at radius 1 is 1.37 bits per heavy atom. The highest BCUT2D eigenvalue weighted by atomic mass is 35.5. The van der Waals surface area contributed by atoms with E-state index in [0.717, 1.165) is 31.6 Å². The van der Waals surface area contributed by atoms with Crippen molar-refractivity contribution in [2.45, 2.75) is 25.9 Å². The molecule has 1 aliphatic heterocycles. The van der Waals surface area contributed by atoms with E-state index in [1.54, 1.807) is 0 Å². The molecule has 1 aromatic carbocycles. The Morgan fingerprint density at radius 3 is 2.95 bits per heavy atom. The average Bonchev–Trinajstić information content (AvgIpc) is 2.78. The van der Waals surface area contributed by atoms with Crippen LogP contribution in [0.25, 0.3) is 11.0 Å². The first-order chi connectivity index (χ1) is 8.74. The lowest BCUT2D eigenvalue weighted by Crippen LogP contribution is -2.45. The van der Waals surface area contributed by atoms with Crippen LogP contribution in [-0.2, 0) is 6.54 Å². The number of hydrogen-bond donors (Lipinski definition) is 1. The molecule has 1 fully saturated rings. The van der Waals surface area contributed by atoms with Gasteiger partial charge in [0, 0.05) is 30.1 Å². The summed E-state index contributed by atoms with van der Waals surface area (Å²) < 4.78 is 5.59. The molecule has 0 aliphatic carbocycles. The molecule has 0 amide bonds. The number of nitrogens with two attached hydrogens (primary N) is 1. The SMILES string of the molecule is CC1CN(Cc2coc3ccccc23)CCC1N.Cl. The van der Waals surface area contributed by atoms with Crippen LogP contribution in [0.4, 0.5) is 0 Å². The van der Waals surface area contributed by atoms with Gasteiger partial charge in [0.05, 0.1) is 6.26 Å². The van der Waals surface area contributed by atoms with Crippen molar-refractivity contribution in [2.24, 2.45) is 11.7 Å². The molecule has 3 rings (SSSR count). The Hall–Kier alpha value is -1.03. The van der Waals surface area contributed by atoms with Crippen LogP contribution in [-0.4, -0.2) is 24.0 Å². The normalized spacial score (nSPS) is 24.3. The lowest BCUT2D eigenvalue weighted by Gasteiger charge is -2.34. The third kappa shape index (κ3) is 2.94. The number of halogens is 1. The van der Waals surface area contributed by atoms with Gasteiger partial charge >= 0.3 is 0 Å². The summed E-state index contributed by atoms with van der Waals surface area (Å²) >= 11 is 0. The highest BCUT2D eigenvalue weighted by Crippen LogP contribution is 2.24. The molecule has 1 aromatic heterocycles. The lowest BCUT2D eigenvalue weighted by atomic mass is 9.94. The first-order valence-corrected chi connectivity index (χ1v) is 6.67. The van der Waals surface area contributed by atoms with Crippen LogP contribution >= 0.6 is 12.4 Å². The lowest BCUT2D eigenvalue weighted by molar-refractivity contribution is 0.158. The summed E-state index contributed by atoms with van der Waals surface area (Å²) in [6.07, 6.45) is 2.99. The maximum Gasteiger partial charge on any atom is 0.134 e. The van der Waals surface area contributed by atoms with Crippen molar-refractivity contribution in [1.29, 1.82) is 0 Å². The largest absolute Gasteiger partial charge is 0.464 e. The number of rotatable bonds is 2. The Morgan fingerprint density at radius 2 is 2.16 bits per heavy atom. The summed E-state index contributed by atoms with van der Waals surface area (Å²) in [6.45, 7) is 5.38. The second-order valence-electron chi connectivity index (χ2n) is 5.42. The predicted octanol–water partition coefficient (Wildman–Crippen LogP) is 3.02. The van der Waals surface area contributed by atoms with Crippen molar-refractivity contribution in [3.05, 3.63) is 36.1 Å². The van der Waals surface area contributed by atoms with Gasteiger partial charge in [-0.25, -0.2) is 0 Å². The van der Waals surface area contributed by atoms with Gasteiger partial charge in [-0.1, -0.05) is 25.1 Å². The minimum atomic E-state index is 0. The number of fused-ring (bicyclic) bond motifs is 1. The fraction of sp³-hybridized carbons (Fsp3) is 0.467. The number of benzene rings is 1. The summed E-state index contributed by atoms with van der Waals surface area (Å²) in [4.78, 5) is 2.48. The molecule has 2 unspecified atom stereocenters. The molecule has 4 heteroatoms. The quantitative estimate of drug-likeness (QED) is 0.919. The maximum atomic E-state index is 6.06. The Balaban J connectivity index is 0.00000133. The number of piperidine rings is 1. The summed E-state index contributed by atoms with van der Waals surface area (Å²) in [5, 5.41) is 1.24. The average molecular weight is 281 g/mol. The van der Waals surface area contributed by atoms with Gasteiger partial charge < -0.3 is 10.2 Å². The molecular weight excluding hydrogens is 260 g/mol. The van der Waals surface area contributed by atoms with Gasteiger partial charge in [-0.2, -0.15) is 0 Å². The maximum absolute atomic E-state index is 6.06. The molecule has 2 heterocycles. The van der Waals surface area contributed by atoms with Crippen molar-refractivity contribution >= 4 is 23.4 Å². The van der Waals surface area contributed by atoms with Gasteiger partial charge in [0.1, 0.15) is 5.58 Å². The molecule has 2 N–H and O–H groups in total. The third-order valence-electron chi connectivity index (χ3n) is 4.01. The molecule has 2 atom stereocenters. The highest BCUT2D eigenvalue weighted by Gasteiger charge is 2.23. The van der Waals surface area contributed by atoms with Gasteiger partial charge in [-0.3, -0.25) is 4.90 Å². The number of hydrogen-bond acceptors (Lipinski definition) is 3.